The van der Waals surface area contributed by atoms with Crippen molar-refractivity contribution in [3.05, 3.63) is 304 Å². The van der Waals surface area contributed by atoms with Crippen LogP contribution in [0.15, 0.2) is 202 Å². The van der Waals surface area contributed by atoms with Crippen LogP contribution in [0.2, 0.25) is 0 Å². The van der Waals surface area contributed by atoms with Gasteiger partial charge in [0.05, 0.1) is 67.4 Å². The van der Waals surface area contributed by atoms with E-state index in [1.807, 2.05) is 84.9 Å². The zero-order valence-electron chi connectivity index (χ0n) is 51.2. The Morgan fingerprint density at radius 3 is 1.22 bits per heavy atom. The fourth-order valence-electron chi connectivity index (χ4n) is 8.67. The van der Waals surface area contributed by atoms with Crippen molar-refractivity contribution in [3.63, 3.8) is 0 Å². The summed E-state index contributed by atoms with van der Waals surface area (Å²) in [6.07, 6.45) is 0.266. The number of carbonyl (C=O) groups excluding carboxylic acids is 1. The minimum Gasteiger partial charge on any atom is -0.481 e. The number of nitrogens with zero attached hydrogens (tertiary/aromatic N) is 6. The normalized spacial score (nSPS) is 9.86. The summed E-state index contributed by atoms with van der Waals surface area (Å²) in [5.74, 6) is -2.05. The zero-order valence-corrected chi connectivity index (χ0v) is 52.0. The second-order valence-corrected chi connectivity index (χ2v) is 19.8. The molecular formula is C70H64ClN13O11. The number of carbonyl (C=O) groups is 4. The molecule has 24 nitrogen and oxygen atoms in total. The van der Waals surface area contributed by atoms with Crippen LogP contribution < -0.4 is 38.8 Å². The second kappa shape index (κ2) is 37.5. The van der Waals surface area contributed by atoms with Crippen LogP contribution in [0.25, 0.3) is 48.3 Å². The number of H-pyrrole nitrogens is 3. The zero-order chi connectivity index (χ0) is 67.9. The van der Waals surface area contributed by atoms with Crippen molar-refractivity contribution in [2.45, 2.75) is 52.9 Å². The molecule has 0 bridgehead atoms. The fraction of sp³-hybridized carbons (Fsp3) is 0.129. The van der Waals surface area contributed by atoms with Crippen molar-refractivity contribution in [1.82, 2.24) is 29.9 Å². The predicted molar refractivity (Wildman–Crippen MR) is 363 cm³/mol. The van der Waals surface area contributed by atoms with Gasteiger partial charge in [-0.2, -0.15) is 0 Å². The van der Waals surface area contributed by atoms with Gasteiger partial charge in [0.2, 0.25) is 11.9 Å². The Kier molecular flexibility index (Phi) is 28.8. The van der Waals surface area contributed by atoms with Crippen LogP contribution in [0.4, 0.5) is 29.0 Å². The van der Waals surface area contributed by atoms with Crippen molar-refractivity contribution in [2.75, 3.05) is 17.2 Å². The number of hydrogen-bond donors (Lipinski definition) is 10. The number of carboxylic acid groups (broad SMARTS) is 3. The lowest BCUT2D eigenvalue weighted by Crippen LogP contribution is -2.13. The van der Waals surface area contributed by atoms with Crippen LogP contribution in [0.3, 0.4) is 0 Å². The van der Waals surface area contributed by atoms with E-state index in [2.05, 4.69) is 55.1 Å². The quantitative estimate of drug-likeness (QED) is 0.0282. The average Bonchev–Trinajstić information content (AvgIpc) is 1.48. The first-order chi connectivity index (χ1) is 45.4. The van der Waals surface area contributed by atoms with Crippen molar-refractivity contribution in [2.24, 2.45) is 11.5 Å². The first-order valence-electron chi connectivity index (χ1n) is 28.6. The lowest BCUT2D eigenvalue weighted by molar-refractivity contribution is -0.142. The number of nitrogens with one attached hydrogen (secondary N) is 5. The fourth-order valence-corrected chi connectivity index (χ4v) is 8.67. The molecule has 0 fully saturated rings. The van der Waals surface area contributed by atoms with Gasteiger partial charge in [-0.15, -0.1) is 12.4 Å². The van der Waals surface area contributed by atoms with Gasteiger partial charge >= 0.3 is 23.9 Å². The molecule has 12 N–H and O–H groups in total. The van der Waals surface area contributed by atoms with Crippen LogP contribution in [0.5, 0.6) is 0 Å². The first kappa shape index (κ1) is 73.1. The summed E-state index contributed by atoms with van der Waals surface area (Å²) >= 11 is 0. The molecule has 95 heavy (non-hydrogen) atoms. The van der Waals surface area contributed by atoms with Crippen LogP contribution in [-0.2, 0) is 53.3 Å². The molecule has 3 heterocycles. The monoisotopic (exact) mass is 1300 g/mol. The van der Waals surface area contributed by atoms with Crippen molar-refractivity contribution < 1.29 is 39.2 Å². The molecule has 3 aromatic heterocycles. The number of hydrogen-bond acceptors (Lipinski definition) is 15. The van der Waals surface area contributed by atoms with E-state index in [4.69, 9.17) is 51.2 Å². The maximum absolute atomic E-state index is 12.2. The number of esters is 1. The Hall–Kier alpha value is -12.7. The van der Waals surface area contributed by atoms with Crippen LogP contribution >= 0.6 is 12.4 Å². The van der Waals surface area contributed by atoms with E-state index in [0.717, 1.165) is 33.4 Å². The lowest BCUT2D eigenvalue weighted by atomic mass is 10.1. The summed E-state index contributed by atoms with van der Waals surface area (Å²) in [7, 11) is 0. The van der Waals surface area contributed by atoms with Gasteiger partial charge < -0.3 is 57.1 Å². The SMILES string of the molecule is CCOC(=O)Cc1cccc(CN)c1.Cl.NCc1cccc(C(=O)O)c1.[C-]#[N+]c1c(-c2ccccc2)nc(C)[nH]c1=O.[C-]#[N+]c1c(-c2ccccc2)nc(NCc2cccc(C(=O)O)c2)[nH]c1=O.[C-]#[N+]c1c(-c2ccccc2)nc(NCc2cccc(CC(=O)O)c2)[nH]c1=O. The number of aromatic nitrogens is 6. The van der Waals surface area contributed by atoms with Gasteiger partial charge in [0.25, 0.3) is 33.7 Å². The number of rotatable bonds is 18. The molecule has 0 aliphatic rings. The Morgan fingerprint density at radius 2 is 0.821 bits per heavy atom. The predicted octanol–water partition coefficient (Wildman–Crippen LogP) is 11.3. The average molecular weight is 1300 g/mol. The number of benzene rings is 7. The Labute approximate surface area is 550 Å². The molecule has 0 radical (unpaired) electrons. The van der Waals surface area contributed by atoms with Gasteiger partial charge in [0.15, 0.2) is 0 Å². The molecule has 482 valence electrons. The molecule has 0 unspecified atom stereocenters. The summed E-state index contributed by atoms with van der Waals surface area (Å²) in [6, 6.07) is 55.1. The highest BCUT2D eigenvalue weighted by Gasteiger charge is 2.17. The first-order valence-corrected chi connectivity index (χ1v) is 28.6. The molecule has 0 atom stereocenters. The highest BCUT2D eigenvalue weighted by molar-refractivity contribution is 5.88. The molecule has 0 aliphatic carbocycles. The number of aromatic amines is 3. The third-order valence-corrected chi connectivity index (χ3v) is 13.0. The molecule has 10 aromatic rings. The molecular weight excluding hydrogens is 1230 g/mol. The smallest absolute Gasteiger partial charge is 0.335 e. The third kappa shape index (κ3) is 22.7. The number of aliphatic carboxylic acids is 1. The van der Waals surface area contributed by atoms with E-state index in [1.54, 1.807) is 111 Å². The van der Waals surface area contributed by atoms with E-state index in [1.165, 1.54) is 6.07 Å². The largest absolute Gasteiger partial charge is 0.481 e. The summed E-state index contributed by atoms with van der Waals surface area (Å²) in [4.78, 5) is 110. The van der Waals surface area contributed by atoms with E-state index in [9.17, 15) is 33.6 Å². The lowest BCUT2D eigenvalue weighted by Gasteiger charge is -2.10. The Morgan fingerprint density at radius 1 is 0.474 bits per heavy atom. The highest BCUT2D eigenvalue weighted by atomic mass is 35.5. The third-order valence-electron chi connectivity index (χ3n) is 13.0. The van der Waals surface area contributed by atoms with Crippen molar-refractivity contribution in [3.8, 4) is 33.8 Å². The number of aryl methyl sites for hydroxylation is 1. The standard InChI is InChI=1S/C20H16N4O3.C19H14N4O3.C12H9N3O.C11H15NO2.C8H9NO2.ClH/c1-21-18-17(15-8-3-2-4-9-15)23-20(24-19(18)27)22-12-14-7-5-6-13(10-14)11-16(25)26;1-20-16-15(13-7-3-2-4-8-13)22-19(23-17(16)24)21-11-12-6-5-9-14(10-12)18(25)26;1-8-14-10(9-6-4-3-5-7-9)11(13-2)12(16)15-8;1-2-14-11(13)7-9-4-3-5-10(6-9)8-12;9-5-6-2-1-3-7(4-6)8(10)11;/h2-10H,11-12H2,(H,25,26)(H2,22,23,24,27);2-10H,11H2,(H,25,26)(H2,21,22,23,24);3-7H,1H3,(H,14,15,16);3-6H,2,7-8,12H2,1H3;1-4H,5,9H2,(H,10,11);1H. The summed E-state index contributed by atoms with van der Waals surface area (Å²) in [5.41, 5.74) is 18.0. The van der Waals surface area contributed by atoms with E-state index in [0.29, 0.717) is 72.3 Å². The molecule has 7 aromatic carbocycles. The Balaban J connectivity index is 0.000000223. The van der Waals surface area contributed by atoms with Gasteiger partial charge in [-0.3, -0.25) is 24.0 Å². The number of halogens is 1. The molecule has 25 heteroatoms. The van der Waals surface area contributed by atoms with Crippen LogP contribution in [0.1, 0.15) is 66.8 Å². The van der Waals surface area contributed by atoms with E-state index >= 15 is 0 Å². The minimum absolute atomic E-state index is 0. The van der Waals surface area contributed by atoms with Crippen LogP contribution in [-0.4, -0.2) is 75.7 Å². The maximum atomic E-state index is 12.2. The highest BCUT2D eigenvalue weighted by Crippen LogP contribution is 2.28. The van der Waals surface area contributed by atoms with Crippen LogP contribution in [0, 0.1) is 26.6 Å². The molecule has 0 amide bonds. The minimum atomic E-state index is -1.01. The number of ether oxygens (including phenoxy) is 1. The van der Waals surface area contributed by atoms with Gasteiger partial charge in [0.1, 0.15) is 5.82 Å². The van der Waals surface area contributed by atoms with Gasteiger partial charge in [0, 0.05) is 26.2 Å². The van der Waals surface area contributed by atoms with Gasteiger partial charge in [-0.1, -0.05) is 164 Å². The maximum Gasteiger partial charge on any atom is 0.335 e. The number of anilines is 2. The number of nitrogens with two attached hydrogens (primary N) is 2. The van der Waals surface area contributed by atoms with Gasteiger partial charge in [-0.25, -0.2) is 39.1 Å². The molecule has 0 saturated heterocycles. The molecule has 0 spiro atoms. The molecule has 0 saturated carbocycles. The van der Waals surface area contributed by atoms with E-state index < -0.39 is 29.0 Å². The number of aromatic carboxylic acids is 2. The number of carboxylic acids is 3. The summed E-state index contributed by atoms with van der Waals surface area (Å²) in [6.45, 7) is 26.9. The van der Waals surface area contributed by atoms with Gasteiger partial charge in [-0.05, 0) is 88.2 Å². The summed E-state index contributed by atoms with van der Waals surface area (Å²) < 4.78 is 4.85. The topological polar surface area (TPSA) is 365 Å². The Bertz CT molecular complexity index is 4590. The van der Waals surface area contributed by atoms with Crippen molar-refractivity contribution in [1.29, 1.82) is 0 Å². The molecule has 0 aliphatic heterocycles. The van der Waals surface area contributed by atoms with E-state index in [-0.39, 0.29) is 77.0 Å². The molecule has 10 rings (SSSR count). The second-order valence-electron chi connectivity index (χ2n) is 19.8. The summed E-state index contributed by atoms with van der Waals surface area (Å²) in [5, 5.41) is 32.5. The van der Waals surface area contributed by atoms with Crippen molar-refractivity contribution >= 4 is 65.2 Å².